The van der Waals surface area contributed by atoms with E-state index in [0.29, 0.717) is 10.6 Å². The van der Waals surface area contributed by atoms with Crippen LogP contribution in [0.3, 0.4) is 0 Å². The minimum absolute atomic E-state index is 0.0150. The number of Topliss-reactive ketones (excluding diaryl/α,β-unsaturated/α-hetero) is 1. The molecule has 1 atom stereocenters. The topological polar surface area (TPSA) is 60.2 Å². The number of benzene rings is 1. The van der Waals surface area contributed by atoms with Gasteiger partial charge < -0.3 is 5.73 Å². The molecule has 0 fully saturated rings. The van der Waals surface area contributed by atoms with Gasteiger partial charge in [0.05, 0.1) is 11.6 Å². The van der Waals surface area contributed by atoms with Crippen LogP contribution in [0.2, 0.25) is 5.02 Å². The number of hydrogen-bond acceptors (Lipinski definition) is 3. The summed E-state index contributed by atoms with van der Waals surface area (Å²) in [7, 11) is 0. The van der Waals surface area contributed by atoms with Crippen molar-refractivity contribution in [2.24, 2.45) is 5.73 Å². The van der Waals surface area contributed by atoms with Crippen LogP contribution in [0.5, 0.6) is 0 Å². The zero-order valence-electron chi connectivity index (χ0n) is 8.44. The SMILES string of the molecule is NC1=CC(=O)CC(c2ccccc2Cl)C1=O. The van der Waals surface area contributed by atoms with Gasteiger partial charge >= 0.3 is 0 Å². The highest BCUT2D eigenvalue weighted by Gasteiger charge is 2.30. The molecule has 1 aliphatic rings. The first-order chi connectivity index (χ1) is 7.59. The van der Waals surface area contributed by atoms with Gasteiger partial charge in [0.1, 0.15) is 0 Å². The molecule has 0 amide bonds. The molecular formula is C12H10ClNO2. The van der Waals surface area contributed by atoms with E-state index in [0.717, 1.165) is 0 Å². The Balaban J connectivity index is 2.43. The zero-order valence-corrected chi connectivity index (χ0v) is 9.20. The average Bonchev–Trinajstić information content (AvgIpc) is 2.24. The number of rotatable bonds is 1. The van der Waals surface area contributed by atoms with Crippen LogP contribution in [-0.2, 0) is 9.59 Å². The number of allylic oxidation sites excluding steroid dienone is 2. The Labute approximate surface area is 97.9 Å². The van der Waals surface area contributed by atoms with Crippen LogP contribution in [0.25, 0.3) is 0 Å². The van der Waals surface area contributed by atoms with Crippen LogP contribution in [-0.4, -0.2) is 11.6 Å². The van der Waals surface area contributed by atoms with Crippen molar-refractivity contribution in [3.8, 4) is 0 Å². The molecule has 82 valence electrons. The van der Waals surface area contributed by atoms with Crippen LogP contribution >= 0.6 is 11.6 Å². The molecule has 0 bridgehead atoms. The highest BCUT2D eigenvalue weighted by atomic mass is 35.5. The molecule has 16 heavy (non-hydrogen) atoms. The lowest BCUT2D eigenvalue weighted by molar-refractivity contribution is -0.123. The predicted molar refractivity (Wildman–Crippen MR) is 61.1 cm³/mol. The molecule has 0 spiro atoms. The van der Waals surface area contributed by atoms with Crippen molar-refractivity contribution in [2.75, 3.05) is 0 Å². The number of carbonyl (C=O) groups excluding carboxylic acids is 2. The number of hydrogen-bond donors (Lipinski definition) is 1. The lowest BCUT2D eigenvalue weighted by Gasteiger charge is -2.19. The summed E-state index contributed by atoms with van der Waals surface area (Å²) in [5.74, 6) is -0.902. The molecule has 1 aliphatic carbocycles. The van der Waals surface area contributed by atoms with Gasteiger partial charge in [0, 0.05) is 17.5 Å². The number of nitrogens with two attached hydrogens (primary N) is 1. The van der Waals surface area contributed by atoms with Gasteiger partial charge in [0.15, 0.2) is 11.6 Å². The van der Waals surface area contributed by atoms with Gasteiger partial charge in [-0.1, -0.05) is 29.8 Å². The molecule has 0 saturated carbocycles. The lowest BCUT2D eigenvalue weighted by Crippen LogP contribution is -2.27. The van der Waals surface area contributed by atoms with E-state index in [-0.39, 0.29) is 23.7 Å². The molecule has 0 aliphatic heterocycles. The van der Waals surface area contributed by atoms with Crippen molar-refractivity contribution in [3.05, 3.63) is 46.6 Å². The quantitative estimate of drug-likeness (QED) is 0.808. The first-order valence-electron chi connectivity index (χ1n) is 4.88. The van der Waals surface area contributed by atoms with Crippen molar-refractivity contribution >= 4 is 23.2 Å². The summed E-state index contributed by atoms with van der Waals surface area (Å²) in [6, 6.07) is 7.01. The Bertz CT molecular complexity index is 494. The van der Waals surface area contributed by atoms with Crippen LogP contribution in [0.4, 0.5) is 0 Å². The molecule has 1 aromatic rings. The van der Waals surface area contributed by atoms with Crippen LogP contribution in [0.15, 0.2) is 36.0 Å². The maximum atomic E-state index is 11.8. The fraction of sp³-hybridized carbons (Fsp3) is 0.167. The van der Waals surface area contributed by atoms with Crippen LogP contribution in [0, 0.1) is 0 Å². The van der Waals surface area contributed by atoms with Gasteiger partial charge in [-0.25, -0.2) is 0 Å². The highest BCUT2D eigenvalue weighted by Crippen LogP contribution is 2.31. The minimum atomic E-state index is -0.536. The van der Waals surface area contributed by atoms with E-state index >= 15 is 0 Å². The van der Waals surface area contributed by atoms with Crippen molar-refractivity contribution < 1.29 is 9.59 Å². The molecule has 4 heteroatoms. The predicted octanol–water partition coefficient (Wildman–Crippen LogP) is 1.81. The minimum Gasteiger partial charge on any atom is -0.396 e. The molecule has 2 N–H and O–H groups in total. The van der Waals surface area contributed by atoms with Crippen LogP contribution < -0.4 is 5.73 Å². The standard InChI is InChI=1S/C12H10ClNO2/c13-10-4-2-1-3-8(10)9-5-7(15)6-11(14)12(9)16/h1-4,6,9H,5,14H2. The second-order valence-electron chi connectivity index (χ2n) is 3.71. The fourth-order valence-corrected chi connectivity index (χ4v) is 2.07. The maximum Gasteiger partial charge on any atom is 0.186 e. The summed E-state index contributed by atoms with van der Waals surface area (Å²) in [6.07, 6.45) is 1.33. The Morgan fingerprint density at radius 3 is 2.62 bits per heavy atom. The third-order valence-corrected chi connectivity index (χ3v) is 2.95. The summed E-state index contributed by atoms with van der Waals surface area (Å²) < 4.78 is 0. The van der Waals surface area contributed by atoms with E-state index < -0.39 is 5.92 Å². The number of ketones is 2. The monoisotopic (exact) mass is 235 g/mol. The molecule has 2 rings (SSSR count). The fourth-order valence-electron chi connectivity index (χ4n) is 1.81. The third kappa shape index (κ3) is 1.86. The van der Waals surface area contributed by atoms with Gasteiger partial charge in [-0.15, -0.1) is 0 Å². The number of halogens is 1. The van der Waals surface area contributed by atoms with E-state index in [1.54, 1.807) is 24.3 Å². The Morgan fingerprint density at radius 2 is 1.94 bits per heavy atom. The first-order valence-corrected chi connectivity index (χ1v) is 5.26. The normalized spacial score (nSPS) is 20.8. The first kappa shape index (κ1) is 10.9. The lowest BCUT2D eigenvalue weighted by atomic mass is 9.84. The van der Waals surface area contributed by atoms with Crippen molar-refractivity contribution in [1.29, 1.82) is 0 Å². The third-order valence-electron chi connectivity index (χ3n) is 2.60. The summed E-state index contributed by atoms with van der Waals surface area (Å²) >= 11 is 5.99. The smallest absolute Gasteiger partial charge is 0.186 e. The Hall–Kier alpha value is -1.61. The van der Waals surface area contributed by atoms with E-state index in [2.05, 4.69) is 0 Å². The van der Waals surface area contributed by atoms with Crippen LogP contribution in [0.1, 0.15) is 17.9 Å². The molecule has 0 aromatic heterocycles. The molecule has 3 nitrogen and oxygen atoms in total. The summed E-state index contributed by atoms with van der Waals surface area (Å²) in [4.78, 5) is 23.2. The molecule has 0 heterocycles. The van der Waals surface area contributed by atoms with Gasteiger partial charge in [0.2, 0.25) is 0 Å². The molecule has 1 aromatic carbocycles. The second-order valence-corrected chi connectivity index (χ2v) is 4.12. The van der Waals surface area contributed by atoms with E-state index in [4.69, 9.17) is 17.3 Å². The summed E-state index contributed by atoms with van der Waals surface area (Å²) in [5, 5.41) is 0.489. The maximum absolute atomic E-state index is 11.8. The summed E-state index contributed by atoms with van der Waals surface area (Å²) in [5.41, 5.74) is 6.17. The largest absolute Gasteiger partial charge is 0.396 e. The zero-order chi connectivity index (χ0) is 11.7. The van der Waals surface area contributed by atoms with E-state index in [9.17, 15) is 9.59 Å². The van der Waals surface area contributed by atoms with Gasteiger partial charge in [0.25, 0.3) is 0 Å². The van der Waals surface area contributed by atoms with Gasteiger partial charge in [-0.2, -0.15) is 0 Å². The highest BCUT2D eigenvalue weighted by molar-refractivity contribution is 6.32. The van der Waals surface area contributed by atoms with E-state index in [1.807, 2.05) is 0 Å². The van der Waals surface area contributed by atoms with E-state index in [1.165, 1.54) is 6.08 Å². The van der Waals surface area contributed by atoms with Crippen molar-refractivity contribution in [2.45, 2.75) is 12.3 Å². The van der Waals surface area contributed by atoms with Gasteiger partial charge in [-0.3, -0.25) is 9.59 Å². The Morgan fingerprint density at radius 1 is 1.25 bits per heavy atom. The average molecular weight is 236 g/mol. The number of carbonyl (C=O) groups is 2. The van der Waals surface area contributed by atoms with Crippen molar-refractivity contribution in [3.63, 3.8) is 0 Å². The molecular weight excluding hydrogens is 226 g/mol. The molecule has 1 unspecified atom stereocenters. The van der Waals surface area contributed by atoms with Gasteiger partial charge in [-0.05, 0) is 11.6 Å². The molecule has 0 radical (unpaired) electrons. The second kappa shape index (κ2) is 4.10. The van der Waals surface area contributed by atoms with Crippen molar-refractivity contribution in [1.82, 2.24) is 0 Å². The Kier molecular flexibility index (Phi) is 2.79. The summed E-state index contributed by atoms with van der Waals surface area (Å²) in [6.45, 7) is 0. The molecule has 0 saturated heterocycles.